The summed E-state index contributed by atoms with van der Waals surface area (Å²) in [5.41, 5.74) is 1.44. The molecule has 3 heterocycles. The van der Waals surface area contributed by atoms with Crippen LogP contribution in [0.1, 0.15) is 60.0 Å². The van der Waals surface area contributed by atoms with Crippen molar-refractivity contribution in [3.8, 4) is 0 Å². The fourth-order valence-electron chi connectivity index (χ4n) is 5.04. The van der Waals surface area contributed by atoms with E-state index < -0.39 is 23.6 Å². The van der Waals surface area contributed by atoms with Gasteiger partial charge >= 0.3 is 5.97 Å². The van der Waals surface area contributed by atoms with Crippen molar-refractivity contribution in [2.75, 3.05) is 0 Å². The van der Waals surface area contributed by atoms with Gasteiger partial charge in [-0.3, -0.25) is 0 Å². The van der Waals surface area contributed by atoms with Crippen molar-refractivity contribution in [1.29, 1.82) is 0 Å². The van der Waals surface area contributed by atoms with Crippen LogP contribution in [0.15, 0.2) is 54.6 Å². The second kappa shape index (κ2) is 7.78. The van der Waals surface area contributed by atoms with Crippen molar-refractivity contribution < 1.29 is 29.1 Å². The summed E-state index contributed by atoms with van der Waals surface area (Å²) in [4.78, 5) is 23.4. The Labute approximate surface area is 175 Å². The van der Waals surface area contributed by atoms with Gasteiger partial charge in [0.2, 0.25) is 5.79 Å². The Balaban J connectivity index is 1.46. The van der Waals surface area contributed by atoms with E-state index in [1.165, 1.54) is 6.42 Å². The fraction of sp³-hybridized carbons (Fsp3) is 0.458. The van der Waals surface area contributed by atoms with E-state index in [1.54, 1.807) is 24.3 Å². The van der Waals surface area contributed by atoms with Crippen LogP contribution in [-0.4, -0.2) is 23.0 Å². The molecule has 0 unspecified atom stereocenters. The predicted molar refractivity (Wildman–Crippen MR) is 107 cm³/mol. The zero-order chi connectivity index (χ0) is 20.6. The Kier molecular flexibility index (Phi) is 5.11. The molecular formula is C24H26O6. The molecule has 2 aromatic rings. The van der Waals surface area contributed by atoms with Crippen molar-refractivity contribution in [3.63, 3.8) is 0 Å². The molecule has 3 aliphatic heterocycles. The van der Waals surface area contributed by atoms with Gasteiger partial charge in [0.05, 0.1) is 12.2 Å². The van der Waals surface area contributed by atoms with Crippen molar-refractivity contribution in [2.45, 2.75) is 62.8 Å². The fourth-order valence-corrected chi connectivity index (χ4v) is 5.04. The number of hydrogen-bond donors (Lipinski definition) is 1. The van der Waals surface area contributed by atoms with E-state index in [0.29, 0.717) is 18.9 Å². The van der Waals surface area contributed by atoms with E-state index in [2.05, 4.69) is 0 Å². The maximum Gasteiger partial charge on any atom is 0.335 e. The van der Waals surface area contributed by atoms with Crippen LogP contribution in [0.5, 0.6) is 0 Å². The van der Waals surface area contributed by atoms with Gasteiger partial charge in [0.25, 0.3) is 0 Å². The van der Waals surface area contributed by atoms with Gasteiger partial charge in [-0.15, -0.1) is 0 Å². The molecule has 4 aliphatic rings. The molecule has 6 heteroatoms. The molecule has 1 spiro atoms. The molecule has 6 nitrogen and oxygen atoms in total. The quantitative estimate of drug-likeness (QED) is 0.715. The zero-order valence-electron chi connectivity index (χ0n) is 16.8. The molecule has 1 saturated carbocycles. The highest BCUT2D eigenvalue weighted by Crippen LogP contribution is 2.55. The van der Waals surface area contributed by atoms with Gasteiger partial charge in [-0.25, -0.2) is 9.68 Å². The normalized spacial score (nSPS) is 32.9. The summed E-state index contributed by atoms with van der Waals surface area (Å²) in [6, 6.07) is 16.7. The highest BCUT2D eigenvalue weighted by Gasteiger charge is 2.62. The molecule has 158 valence electrons. The van der Waals surface area contributed by atoms with E-state index in [0.717, 1.165) is 36.8 Å². The highest BCUT2D eigenvalue weighted by atomic mass is 17.3. The first-order valence-corrected chi connectivity index (χ1v) is 10.7. The van der Waals surface area contributed by atoms with Crippen LogP contribution in [0.4, 0.5) is 0 Å². The number of aromatic carboxylic acids is 1. The van der Waals surface area contributed by atoms with Gasteiger partial charge in [0.15, 0.2) is 11.9 Å². The van der Waals surface area contributed by atoms with Crippen molar-refractivity contribution >= 4 is 5.97 Å². The lowest BCUT2D eigenvalue weighted by molar-refractivity contribution is -0.561. The number of fused-ring (bicyclic) bond motifs is 3. The van der Waals surface area contributed by atoms with Gasteiger partial charge in [-0.2, -0.15) is 4.89 Å². The smallest absolute Gasteiger partial charge is 0.335 e. The highest BCUT2D eigenvalue weighted by molar-refractivity contribution is 5.87. The third kappa shape index (κ3) is 3.34. The first kappa shape index (κ1) is 19.7. The number of ether oxygens (including phenoxy) is 2. The molecular weight excluding hydrogens is 384 g/mol. The predicted octanol–water partition coefficient (Wildman–Crippen LogP) is 4.78. The molecule has 6 rings (SSSR count). The SMILES string of the molecule is O=C(O)c1ccc([C@]23CC[C@H]4CCCC[C@@]4(OO2)[C@H](OCc2ccccc2)O3)cc1. The minimum absolute atomic E-state index is 0.225. The summed E-state index contributed by atoms with van der Waals surface area (Å²) in [6.45, 7) is 0.428. The van der Waals surface area contributed by atoms with Crippen LogP contribution in [0.3, 0.4) is 0 Å². The number of rotatable bonds is 5. The molecule has 0 radical (unpaired) electrons. The van der Waals surface area contributed by atoms with Crippen molar-refractivity contribution in [1.82, 2.24) is 0 Å². The van der Waals surface area contributed by atoms with Gasteiger partial charge in [-0.1, -0.05) is 55.3 Å². The van der Waals surface area contributed by atoms with Crippen LogP contribution >= 0.6 is 0 Å². The molecule has 0 amide bonds. The third-order valence-electron chi connectivity index (χ3n) is 6.73. The van der Waals surface area contributed by atoms with Gasteiger partial charge in [0, 0.05) is 12.0 Å². The molecule has 1 N–H and O–H groups in total. The zero-order valence-corrected chi connectivity index (χ0v) is 16.8. The molecule has 3 saturated heterocycles. The van der Waals surface area contributed by atoms with E-state index in [9.17, 15) is 9.90 Å². The summed E-state index contributed by atoms with van der Waals surface area (Å²) < 4.78 is 12.9. The standard InChI is InChI=1S/C24H26O6/c25-21(26)18-9-11-20(12-10-18)24-15-13-19-8-4-5-14-23(19,29-30-24)22(28-24)27-16-17-6-2-1-3-7-17/h1-3,6-7,9-12,19,22H,4-5,8,13-16H2,(H,25,26)/t19-,22-,23+,24+/m1/s1. The Bertz CT molecular complexity index is 894. The summed E-state index contributed by atoms with van der Waals surface area (Å²) in [5.74, 6) is -1.76. The average Bonchev–Trinajstić information content (AvgIpc) is 3.05. The summed E-state index contributed by atoms with van der Waals surface area (Å²) in [6.07, 6.45) is 5.11. The lowest BCUT2D eigenvalue weighted by Gasteiger charge is -2.50. The molecule has 2 aromatic carbocycles. The molecule has 2 bridgehead atoms. The van der Waals surface area contributed by atoms with Gasteiger partial charge in [-0.05, 0) is 42.9 Å². The lowest BCUT2D eigenvalue weighted by Crippen LogP contribution is -2.59. The molecule has 4 atom stereocenters. The maximum atomic E-state index is 11.2. The van der Waals surface area contributed by atoms with E-state index in [-0.39, 0.29) is 5.56 Å². The summed E-state index contributed by atoms with van der Waals surface area (Å²) >= 11 is 0. The molecule has 30 heavy (non-hydrogen) atoms. The van der Waals surface area contributed by atoms with Gasteiger partial charge < -0.3 is 14.6 Å². The number of hydrogen-bond acceptors (Lipinski definition) is 5. The van der Waals surface area contributed by atoms with Crippen molar-refractivity contribution in [2.24, 2.45) is 5.92 Å². The number of carbonyl (C=O) groups is 1. The van der Waals surface area contributed by atoms with Gasteiger partial charge in [0.1, 0.15) is 0 Å². The van der Waals surface area contributed by atoms with E-state index in [4.69, 9.17) is 19.2 Å². The topological polar surface area (TPSA) is 74.2 Å². The minimum atomic E-state index is -1.10. The summed E-state index contributed by atoms with van der Waals surface area (Å²) in [5, 5.41) is 9.21. The van der Waals surface area contributed by atoms with Crippen LogP contribution < -0.4 is 0 Å². The Morgan fingerprint density at radius 3 is 2.57 bits per heavy atom. The first-order valence-electron chi connectivity index (χ1n) is 10.7. The van der Waals surface area contributed by atoms with Crippen LogP contribution in [0, 0.1) is 5.92 Å². The second-order valence-corrected chi connectivity index (χ2v) is 8.48. The molecule has 0 aromatic heterocycles. The first-order chi connectivity index (χ1) is 14.6. The third-order valence-corrected chi connectivity index (χ3v) is 6.73. The second-order valence-electron chi connectivity index (χ2n) is 8.48. The van der Waals surface area contributed by atoms with E-state index in [1.807, 2.05) is 30.3 Å². The number of carboxylic acid groups (broad SMARTS) is 1. The van der Waals surface area contributed by atoms with Crippen LogP contribution in [-0.2, 0) is 31.6 Å². The molecule has 4 fully saturated rings. The minimum Gasteiger partial charge on any atom is -0.478 e. The number of carboxylic acids is 1. The monoisotopic (exact) mass is 410 g/mol. The van der Waals surface area contributed by atoms with E-state index >= 15 is 0 Å². The molecule has 1 aliphatic carbocycles. The Morgan fingerprint density at radius 2 is 1.80 bits per heavy atom. The Morgan fingerprint density at radius 1 is 1.00 bits per heavy atom. The average molecular weight is 410 g/mol. The Hall–Kier alpha value is -2.25. The summed E-state index contributed by atoms with van der Waals surface area (Å²) in [7, 11) is 0. The van der Waals surface area contributed by atoms with Crippen molar-refractivity contribution in [3.05, 3.63) is 71.3 Å². The number of benzene rings is 2. The largest absolute Gasteiger partial charge is 0.478 e. The van der Waals surface area contributed by atoms with Crippen LogP contribution in [0.25, 0.3) is 0 Å². The lowest BCUT2D eigenvalue weighted by atomic mass is 9.73. The van der Waals surface area contributed by atoms with Crippen LogP contribution in [0.2, 0.25) is 0 Å². The maximum absolute atomic E-state index is 11.2.